The number of nitriles is 1. The fourth-order valence-corrected chi connectivity index (χ4v) is 2.47. The molecule has 1 N–H and O–H groups in total. The predicted octanol–water partition coefficient (Wildman–Crippen LogP) is 2.37. The third-order valence-electron chi connectivity index (χ3n) is 3.62. The molecule has 0 radical (unpaired) electrons. The number of halogens is 1. The van der Waals surface area contributed by atoms with Crippen molar-refractivity contribution < 1.29 is 14.0 Å². The Morgan fingerprint density at radius 1 is 1.55 bits per heavy atom. The molecule has 5 nitrogen and oxygen atoms in total. The van der Waals surface area contributed by atoms with Crippen LogP contribution in [-0.2, 0) is 4.79 Å². The maximum absolute atomic E-state index is 13.9. The number of anilines is 1. The van der Waals surface area contributed by atoms with Crippen LogP contribution in [0.5, 0.6) is 0 Å². The molecule has 1 atom stereocenters. The van der Waals surface area contributed by atoms with E-state index in [1.807, 2.05) is 13.0 Å². The quantitative estimate of drug-likeness (QED) is 0.907. The van der Waals surface area contributed by atoms with Crippen LogP contribution in [0.4, 0.5) is 10.1 Å². The molecule has 0 bridgehead atoms. The molecule has 1 unspecified atom stereocenters. The molecule has 0 aliphatic carbocycles. The summed E-state index contributed by atoms with van der Waals surface area (Å²) in [6, 6.07) is 5.37. The van der Waals surface area contributed by atoms with Crippen molar-refractivity contribution in [2.24, 2.45) is 0 Å². The third-order valence-corrected chi connectivity index (χ3v) is 3.62. The number of nitrogens with zero attached hydrogens (tertiary/aromatic N) is 2. The Morgan fingerprint density at radius 2 is 2.32 bits per heavy atom. The fourth-order valence-electron chi connectivity index (χ4n) is 2.47. The molecule has 1 aliphatic rings. The summed E-state index contributed by atoms with van der Waals surface area (Å²) in [5.41, 5.74) is 0.367. The van der Waals surface area contributed by atoms with Gasteiger partial charge < -0.3 is 10.2 Å². The Bertz CT molecular complexity index is 624. The largest absolute Gasteiger partial charge is 0.336 e. The van der Waals surface area contributed by atoms with Gasteiger partial charge in [0.2, 0.25) is 5.91 Å². The van der Waals surface area contributed by atoms with Gasteiger partial charge in [0.1, 0.15) is 11.9 Å². The number of hydrogen-bond acceptors (Lipinski definition) is 3. The molecule has 1 aromatic carbocycles. The Kier molecular flexibility index (Phi) is 5.10. The minimum Gasteiger partial charge on any atom is -0.336 e. The summed E-state index contributed by atoms with van der Waals surface area (Å²) < 4.78 is 13.9. The van der Waals surface area contributed by atoms with E-state index < -0.39 is 17.8 Å². The molecule has 1 aromatic rings. The van der Waals surface area contributed by atoms with Gasteiger partial charge in [-0.2, -0.15) is 5.26 Å². The number of amides is 2. The van der Waals surface area contributed by atoms with E-state index in [4.69, 9.17) is 5.26 Å². The molecule has 1 fully saturated rings. The van der Waals surface area contributed by atoms with Crippen molar-refractivity contribution in [2.75, 3.05) is 11.4 Å². The molecular formula is C16H18FN3O2. The lowest BCUT2D eigenvalue weighted by atomic mass is 10.1. The van der Waals surface area contributed by atoms with E-state index >= 15 is 0 Å². The lowest BCUT2D eigenvalue weighted by Gasteiger charge is -2.17. The van der Waals surface area contributed by atoms with Crippen LogP contribution in [0, 0.1) is 17.1 Å². The maximum Gasteiger partial charge on any atom is 0.255 e. The first-order valence-electron chi connectivity index (χ1n) is 7.37. The van der Waals surface area contributed by atoms with Gasteiger partial charge in [-0.15, -0.1) is 0 Å². The van der Waals surface area contributed by atoms with Crippen LogP contribution < -0.4 is 10.2 Å². The molecule has 1 aliphatic heterocycles. The van der Waals surface area contributed by atoms with Crippen LogP contribution in [0.3, 0.4) is 0 Å². The second-order valence-corrected chi connectivity index (χ2v) is 5.26. The summed E-state index contributed by atoms with van der Waals surface area (Å²) in [6.07, 6.45) is 2.47. The van der Waals surface area contributed by atoms with Crippen LogP contribution in [0.1, 0.15) is 43.0 Å². The van der Waals surface area contributed by atoms with E-state index in [-0.39, 0.29) is 11.5 Å². The summed E-state index contributed by atoms with van der Waals surface area (Å²) in [6.45, 7) is 2.47. The highest BCUT2D eigenvalue weighted by molar-refractivity contribution is 5.99. The standard InChI is InChI=1S/C16H18FN3O2/c1-2-4-11(10-18)19-16(22)13-9-12(6-7-14(13)17)20-8-3-5-15(20)21/h6-7,9,11H,2-5,8H2,1H3,(H,19,22). The molecule has 1 saturated heterocycles. The number of carbonyl (C=O) groups excluding carboxylic acids is 2. The van der Waals surface area contributed by atoms with Gasteiger partial charge in [-0.1, -0.05) is 13.3 Å². The molecule has 0 aromatic heterocycles. The van der Waals surface area contributed by atoms with Crippen molar-refractivity contribution in [3.63, 3.8) is 0 Å². The van der Waals surface area contributed by atoms with Crippen LogP contribution >= 0.6 is 0 Å². The lowest BCUT2D eigenvalue weighted by molar-refractivity contribution is -0.117. The lowest BCUT2D eigenvalue weighted by Crippen LogP contribution is -2.34. The van der Waals surface area contributed by atoms with Gasteiger partial charge in [0.05, 0.1) is 11.6 Å². The highest BCUT2D eigenvalue weighted by atomic mass is 19.1. The molecule has 22 heavy (non-hydrogen) atoms. The molecule has 6 heteroatoms. The molecule has 116 valence electrons. The Hall–Kier alpha value is -2.42. The highest BCUT2D eigenvalue weighted by Gasteiger charge is 2.24. The molecule has 2 amide bonds. The van der Waals surface area contributed by atoms with Gasteiger partial charge in [-0.3, -0.25) is 9.59 Å². The van der Waals surface area contributed by atoms with E-state index in [9.17, 15) is 14.0 Å². The Labute approximate surface area is 128 Å². The van der Waals surface area contributed by atoms with E-state index in [2.05, 4.69) is 5.32 Å². The van der Waals surface area contributed by atoms with E-state index in [0.717, 1.165) is 12.8 Å². The number of carbonyl (C=O) groups is 2. The first kappa shape index (κ1) is 16.0. The van der Waals surface area contributed by atoms with Gasteiger partial charge in [0, 0.05) is 18.7 Å². The van der Waals surface area contributed by atoms with Crippen LogP contribution in [0.25, 0.3) is 0 Å². The molecule has 0 spiro atoms. The zero-order valence-electron chi connectivity index (χ0n) is 12.4. The second-order valence-electron chi connectivity index (χ2n) is 5.26. The molecule has 1 heterocycles. The number of rotatable bonds is 5. The number of nitrogens with one attached hydrogen (secondary N) is 1. The van der Waals surface area contributed by atoms with Gasteiger partial charge >= 0.3 is 0 Å². The summed E-state index contributed by atoms with van der Waals surface area (Å²) in [5.74, 6) is -1.33. The normalized spacial score (nSPS) is 15.5. The second kappa shape index (κ2) is 7.03. The zero-order valence-corrected chi connectivity index (χ0v) is 12.4. The monoisotopic (exact) mass is 303 g/mol. The Balaban J connectivity index is 2.21. The molecular weight excluding hydrogens is 285 g/mol. The van der Waals surface area contributed by atoms with Crippen LogP contribution in [-0.4, -0.2) is 24.4 Å². The average molecular weight is 303 g/mol. The van der Waals surface area contributed by atoms with Gasteiger partial charge in [-0.25, -0.2) is 4.39 Å². The van der Waals surface area contributed by atoms with Crippen molar-refractivity contribution in [1.82, 2.24) is 5.32 Å². The predicted molar refractivity (Wildman–Crippen MR) is 79.8 cm³/mol. The fraction of sp³-hybridized carbons (Fsp3) is 0.438. The van der Waals surface area contributed by atoms with Crippen LogP contribution in [0.2, 0.25) is 0 Å². The summed E-state index contributed by atoms with van der Waals surface area (Å²) in [4.78, 5) is 25.4. The maximum atomic E-state index is 13.9. The molecule has 2 rings (SSSR count). The van der Waals surface area contributed by atoms with Gasteiger partial charge in [0.25, 0.3) is 5.91 Å². The smallest absolute Gasteiger partial charge is 0.255 e. The average Bonchev–Trinajstić information content (AvgIpc) is 2.93. The first-order valence-corrected chi connectivity index (χ1v) is 7.37. The van der Waals surface area contributed by atoms with Gasteiger partial charge in [-0.05, 0) is 31.0 Å². The minimum absolute atomic E-state index is 0.0288. The Morgan fingerprint density at radius 3 is 2.91 bits per heavy atom. The summed E-state index contributed by atoms with van der Waals surface area (Å²) >= 11 is 0. The SMILES string of the molecule is CCCC(C#N)NC(=O)c1cc(N2CCCC2=O)ccc1F. The molecule has 0 saturated carbocycles. The van der Waals surface area contributed by atoms with E-state index in [0.29, 0.717) is 25.1 Å². The van der Waals surface area contributed by atoms with Crippen molar-refractivity contribution in [2.45, 2.75) is 38.6 Å². The van der Waals surface area contributed by atoms with Crippen molar-refractivity contribution >= 4 is 17.5 Å². The zero-order chi connectivity index (χ0) is 16.1. The van der Waals surface area contributed by atoms with Crippen molar-refractivity contribution in [3.8, 4) is 6.07 Å². The highest BCUT2D eigenvalue weighted by Crippen LogP contribution is 2.24. The first-order chi connectivity index (χ1) is 10.6. The minimum atomic E-state index is -0.666. The summed E-state index contributed by atoms with van der Waals surface area (Å²) in [5, 5.41) is 11.5. The van der Waals surface area contributed by atoms with E-state index in [1.165, 1.54) is 18.2 Å². The van der Waals surface area contributed by atoms with Gasteiger partial charge in [0.15, 0.2) is 0 Å². The van der Waals surface area contributed by atoms with Crippen LogP contribution in [0.15, 0.2) is 18.2 Å². The van der Waals surface area contributed by atoms with E-state index in [1.54, 1.807) is 4.90 Å². The van der Waals surface area contributed by atoms with Crippen molar-refractivity contribution in [1.29, 1.82) is 5.26 Å². The number of hydrogen-bond donors (Lipinski definition) is 1. The van der Waals surface area contributed by atoms with Crippen molar-refractivity contribution in [3.05, 3.63) is 29.6 Å². The number of benzene rings is 1. The summed E-state index contributed by atoms with van der Waals surface area (Å²) in [7, 11) is 0. The topological polar surface area (TPSA) is 73.2 Å². The third kappa shape index (κ3) is 3.42.